The molecule has 0 N–H and O–H groups in total. The molecule has 4 rings (SSSR count). The van der Waals surface area contributed by atoms with Gasteiger partial charge in [0.1, 0.15) is 6.23 Å². The van der Waals surface area contributed by atoms with Gasteiger partial charge in [-0.05, 0) is 29.8 Å². The zero-order chi connectivity index (χ0) is 16.4. The van der Waals surface area contributed by atoms with Crippen LogP contribution in [0.3, 0.4) is 0 Å². The average molecular weight is 383 g/mol. The molecule has 1 unspecified atom stereocenters. The number of nitrogens with zero attached hydrogens (tertiary/aromatic N) is 2. The second kappa shape index (κ2) is 6.93. The molecule has 0 saturated carbocycles. The van der Waals surface area contributed by atoms with Gasteiger partial charge in [0.25, 0.3) is 0 Å². The first-order chi connectivity index (χ1) is 11.8. The van der Waals surface area contributed by atoms with Crippen LogP contribution in [0, 0.1) is 0 Å². The molecule has 2 heterocycles. The van der Waals surface area contributed by atoms with Crippen molar-refractivity contribution in [2.24, 2.45) is 0 Å². The van der Waals surface area contributed by atoms with Crippen molar-refractivity contribution in [2.75, 3.05) is 13.2 Å². The molecule has 1 fully saturated rings. The van der Waals surface area contributed by atoms with Crippen molar-refractivity contribution < 1.29 is 4.74 Å². The topological polar surface area (TPSA) is 17.4 Å². The molecule has 122 valence electrons. The Hall–Kier alpha value is -1.88. The summed E-state index contributed by atoms with van der Waals surface area (Å²) in [7, 11) is 0. The molecular weight excluding hydrogens is 364 g/mol. The zero-order valence-electron chi connectivity index (χ0n) is 13.3. The summed E-state index contributed by atoms with van der Waals surface area (Å²) in [5.74, 6) is 0. The minimum absolute atomic E-state index is 0.0265. The van der Waals surface area contributed by atoms with Crippen LogP contribution in [0.15, 0.2) is 77.5 Å². The fraction of sp³-hybridized carbons (Fsp3) is 0.200. The molecule has 0 radical (unpaired) electrons. The Morgan fingerprint density at radius 1 is 1.04 bits per heavy atom. The smallest absolute Gasteiger partial charge is 0.138 e. The van der Waals surface area contributed by atoms with E-state index in [0.29, 0.717) is 0 Å². The highest BCUT2D eigenvalue weighted by Crippen LogP contribution is 2.29. The van der Waals surface area contributed by atoms with Gasteiger partial charge in [-0.2, -0.15) is 0 Å². The van der Waals surface area contributed by atoms with Gasteiger partial charge < -0.3 is 9.30 Å². The van der Waals surface area contributed by atoms with Crippen molar-refractivity contribution in [1.29, 1.82) is 0 Å². The van der Waals surface area contributed by atoms with Crippen LogP contribution < -0.4 is 0 Å². The molecule has 0 bridgehead atoms. The molecule has 1 aliphatic heterocycles. The molecule has 0 spiro atoms. The van der Waals surface area contributed by atoms with Crippen LogP contribution >= 0.6 is 15.9 Å². The summed E-state index contributed by atoms with van der Waals surface area (Å²) in [5.41, 5.74) is 3.66. The lowest BCUT2D eigenvalue weighted by Crippen LogP contribution is -2.23. The number of ether oxygens (including phenoxy) is 1. The predicted octanol–water partition coefficient (Wildman–Crippen LogP) is 4.77. The first-order valence-corrected chi connectivity index (χ1v) is 8.92. The molecule has 0 aliphatic carbocycles. The lowest BCUT2D eigenvalue weighted by molar-refractivity contribution is 0.0288. The SMILES string of the molecule is Brc1cccc(-n2ccc(C3OCCN3Cc3ccccc3)c2)c1. The maximum Gasteiger partial charge on any atom is 0.138 e. The van der Waals surface area contributed by atoms with E-state index in [1.54, 1.807) is 0 Å². The van der Waals surface area contributed by atoms with Crippen molar-refractivity contribution in [3.05, 3.63) is 88.7 Å². The van der Waals surface area contributed by atoms with E-state index in [-0.39, 0.29) is 6.23 Å². The molecule has 2 aromatic carbocycles. The quantitative estimate of drug-likeness (QED) is 0.646. The molecule has 1 aromatic heterocycles. The van der Waals surface area contributed by atoms with E-state index in [9.17, 15) is 0 Å². The van der Waals surface area contributed by atoms with Crippen molar-refractivity contribution in [3.8, 4) is 5.69 Å². The number of benzene rings is 2. The fourth-order valence-corrected chi connectivity index (χ4v) is 3.53. The van der Waals surface area contributed by atoms with E-state index < -0.39 is 0 Å². The normalized spacial score (nSPS) is 18.1. The highest BCUT2D eigenvalue weighted by Gasteiger charge is 2.27. The molecule has 3 aromatic rings. The van der Waals surface area contributed by atoms with Crippen molar-refractivity contribution >= 4 is 15.9 Å². The summed E-state index contributed by atoms with van der Waals surface area (Å²) >= 11 is 3.53. The molecule has 24 heavy (non-hydrogen) atoms. The van der Waals surface area contributed by atoms with Crippen LogP contribution in [0.25, 0.3) is 5.69 Å². The maximum absolute atomic E-state index is 6.00. The molecular formula is C20H19BrN2O. The minimum atomic E-state index is 0.0265. The van der Waals surface area contributed by atoms with Crippen LogP contribution in [0.1, 0.15) is 17.4 Å². The third-order valence-electron chi connectivity index (χ3n) is 4.32. The Kier molecular flexibility index (Phi) is 4.52. The number of halogens is 1. The first kappa shape index (κ1) is 15.6. The summed E-state index contributed by atoms with van der Waals surface area (Å²) in [6.45, 7) is 2.65. The van der Waals surface area contributed by atoms with Crippen molar-refractivity contribution in [3.63, 3.8) is 0 Å². The molecule has 0 amide bonds. The van der Waals surface area contributed by atoms with Crippen molar-refractivity contribution in [1.82, 2.24) is 9.47 Å². The Bertz CT molecular complexity index is 815. The number of rotatable bonds is 4. The second-order valence-corrected chi connectivity index (χ2v) is 6.93. The van der Waals surface area contributed by atoms with Gasteiger partial charge in [-0.1, -0.05) is 52.3 Å². The Balaban J connectivity index is 1.55. The number of hydrogen-bond donors (Lipinski definition) is 0. The summed E-state index contributed by atoms with van der Waals surface area (Å²) in [6, 6.07) is 21.0. The van der Waals surface area contributed by atoms with Crippen LogP contribution in [0.5, 0.6) is 0 Å². The molecule has 4 heteroatoms. The Morgan fingerprint density at radius 2 is 1.92 bits per heavy atom. The van der Waals surface area contributed by atoms with Gasteiger partial charge in [-0.25, -0.2) is 0 Å². The minimum Gasteiger partial charge on any atom is -0.357 e. The molecule has 3 nitrogen and oxygen atoms in total. The van der Waals surface area contributed by atoms with E-state index in [2.05, 4.69) is 86.3 Å². The summed E-state index contributed by atoms with van der Waals surface area (Å²) in [5, 5.41) is 0. The first-order valence-electron chi connectivity index (χ1n) is 8.13. The fourth-order valence-electron chi connectivity index (χ4n) is 3.15. The van der Waals surface area contributed by atoms with E-state index in [0.717, 1.165) is 29.9 Å². The second-order valence-electron chi connectivity index (χ2n) is 6.01. The van der Waals surface area contributed by atoms with E-state index in [1.807, 2.05) is 12.1 Å². The average Bonchev–Trinajstić information content (AvgIpc) is 3.25. The van der Waals surface area contributed by atoms with Crippen LogP contribution in [0.4, 0.5) is 0 Å². The maximum atomic E-state index is 6.00. The summed E-state index contributed by atoms with van der Waals surface area (Å²) in [6.07, 6.45) is 4.29. The van der Waals surface area contributed by atoms with Crippen LogP contribution in [-0.2, 0) is 11.3 Å². The monoisotopic (exact) mass is 382 g/mol. The van der Waals surface area contributed by atoms with E-state index in [1.165, 1.54) is 11.1 Å². The standard InChI is InChI=1S/C20H19BrN2O/c21-18-7-4-8-19(13-18)22-10-9-17(15-22)20-23(11-12-24-20)14-16-5-2-1-3-6-16/h1-10,13,15,20H,11-12,14H2. The third kappa shape index (κ3) is 3.31. The number of hydrogen-bond acceptors (Lipinski definition) is 2. The highest BCUT2D eigenvalue weighted by atomic mass is 79.9. The third-order valence-corrected chi connectivity index (χ3v) is 4.81. The van der Waals surface area contributed by atoms with Crippen LogP contribution in [-0.4, -0.2) is 22.6 Å². The van der Waals surface area contributed by atoms with Gasteiger partial charge in [0, 0.05) is 41.2 Å². The summed E-state index contributed by atoms with van der Waals surface area (Å²) < 4.78 is 9.22. The van der Waals surface area contributed by atoms with Gasteiger partial charge in [-0.3, -0.25) is 4.90 Å². The molecule has 1 saturated heterocycles. The highest BCUT2D eigenvalue weighted by molar-refractivity contribution is 9.10. The van der Waals surface area contributed by atoms with Crippen molar-refractivity contribution in [2.45, 2.75) is 12.8 Å². The van der Waals surface area contributed by atoms with Gasteiger partial charge in [0.05, 0.1) is 6.61 Å². The lowest BCUT2D eigenvalue weighted by Gasteiger charge is -2.22. The molecule has 1 atom stereocenters. The Labute approximate surface area is 150 Å². The van der Waals surface area contributed by atoms with Crippen LogP contribution in [0.2, 0.25) is 0 Å². The largest absolute Gasteiger partial charge is 0.357 e. The predicted molar refractivity (Wildman–Crippen MR) is 99.0 cm³/mol. The van der Waals surface area contributed by atoms with Gasteiger partial charge in [0.15, 0.2) is 0 Å². The molecule has 1 aliphatic rings. The summed E-state index contributed by atoms with van der Waals surface area (Å²) in [4.78, 5) is 2.38. The Morgan fingerprint density at radius 3 is 2.75 bits per heavy atom. The van der Waals surface area contributed by atoms with Gasteiger partial charge in [0.2, 0.25) is 0 Å². The lowest BCUT2D eigenvalue weighted by atomic mass is 10.2. The van der Waals surface area contributed by atoms with Gasteiger partial charge in [-0.15, -0.1) is 0 Å². The van der Waals surface area contributed by atoms with E-state index in [4.69, 9.17) is 4.74 Å². The van der Waals surface area contributed by atoms with E-state index >= 15 is 0 Å². The number of aromatic nitrogens is 1. The zero-order valence-corrected chi connectivity index (χ0v) is 14.9. The van der Waals surface area contributed by atoms with Gasteiger partial charge >= 0.3 is 0 Å².